The number of rotatable bonds is 3. The Morgan fingerprint density at radius 1 is 1.33 bits per heavy atom. The summed E-state index contributed by atoms with van der Waals surface area (Å²) in [5, 5.41) is 3.00. The Hall–Kier alpha value is -1.00. The summed E-state index contributed by atoms with van der Waals surface area (Å²) in [6.45, 7) is 3.72. The normalized spacial score (nSPS) is 14.0. The molecule has 1 atom stereocenters. The maximum absolute atomic E-state index is 13.4. The van der Waals surface area contributed by atoms with Gasteiger partial charge in [0, 0.05) is 17.2 Å². The zero-order valence-corrected chi connectivity index (χ0v) is 9.14. The lowest BCUT2D eigenvalue weighted by Crippen LogP contribution is -2.46. The SMILES string of the molecule is CNC(C)(C)C(N)c1ccc(F)cc1F. The van der Waals surface area contributed by atoms with Crippen molar-refractivity contribution in [1.29, 1.82) is 0 Å². The molecule has 2 nitrogen and oxygen atoms in total. The number of hydrogen-bond acceptors (Lipinski definition) is 2. The molecule has 0 radical (unpaired) electrons. The van der Waals surface area contributed by atoms with Crippen molar-refractivity contribution in [2.75, 3.05) is 7.05 Å². The smallest absolute Gasteiger partial charge is 0.130 e. The Morgan fingerprint density at radius 2 is 1.93 bits per heavy atom. The van der Waals surface area contributed by atoms with Crippen LogP contribution in [-0.4, -0.2) is 12.6 Å². The fourth-order valence-electron chi connectivity index (χ4n) is 1.30. The van der Waals surface area contributed by atoms with Crippen LogP contribution in [0.2, 0.25) is 0 Å². The van der Waals surface area contributed by atoms with Gasteiger partial charge in [-0.2, -0.15) is 0 Å². The van der Waals surface area contributed by atoms with Crippen molar-refractivity contribution in [2.45, 2.75) is 25.4 Å². The molecule has 0 aromatic heterocycles. The first-order valence-electron chi connectivity index (χ1n) is 4.78. The summed E-state index contributed by atoms with van der Waals surface area (Å²) < 4.78 is 26.1. The van der Waals surface area contributed by atoms with Gasteiger partial charge in [-0.05, 0) is 27.0 Å². The molecule has 1 rings (SSSR count). The summed E-state index contributed by atoms with van der Waals surface area (Å²) in [4.78, 5) is 0. The Kier molecular flexibility index (Phi) is 3.42. The predicted octanol–water partition coefficient (Wildman–Crippen LogP) is 1.96. The maximum Gasteiger partial charge on any atom is 0.130 e. The van der Waals surface area contributed by atoms with Gasteiger partial charge in [-0.15, -0.1) is 0 Å². The van der Waals surface area contributed by atoms with Gasteiger partial charge in [0.25, 0.3) is 0 Å². The van der Waals surface area contributed by atoms with Gasteiger partial charge >= 0.3 is 0 Å². The molecule has 84 valence electrons. The molecule has 1 aromatic carbocycles. The van der Waals surface area contributed by atoms with Crippen LogP contribution >= 0.6 is 0 Å². The third kappa shape index (κ3) is 2.52. The molecule has 4 heteroatoms. The van der Waals surface area contributed by atoms with Crippen molar-refractivity contribution in [3.8, 4) is 0 Å². The van der Waals surface area contributed by atoms with E-state index >= 15 is 0 Å². The molecule has 0 aliphatic rings. The van der Waals surface area contributed by atoms with E-state index in [1.807, 2.05) is 13.8 Å². The van der Waals surface area contributed by atoms with Crippen LogP contribution < -0.4 is 11.1 Å². The van der Waals surface area contributed by atoms with Crippen LogP contribution in [0.15, 0.2) is 18.2 Å². The highest BCUT2D eigenvalue weighted by Crippen LogP contribution is 2.25. The average molecular weight is 214 g/mol. The van der Waals surface area contributed by atoms with Crippen LogP contribution in [0.4, 0.5) is 8.78 Å². The number of hydrogen-bond donors (Lipinski definition) is 2. The fourth-order valence-corrected chi connectivity index (χ4v) is 1.30. The first kappa shape index (κ1) is 12.1. The zero-order valence-electron chi connectivity index (χ0n) is 9.14. The van der Waals surface area contributed by atoms with E-state index < -0.39 is 23.2 Å². The highest BCUT2D eigenvalue weighted by atomic mass is 19.1. The standard InChI is InChI=1S/C11H16F2N2/c1-11(2,15-3)10(14)8-5-4-7(12)6-9(8)13/h4-6,10,15H,14H2,1-3H3. The summed E-state index contributed by atoms with van der Waals surface area (Å²) in [5.41, 5.74) is 5.78. The molecule has 15 heavy (non-hydrogen) atoms. The molecule has 1 aromatic rings. The first-order valence-corrected chi connectivity index (χ1v) is 4.78. The minimum Gasteiger partial charge on any atom is -0.322 e. The van der Waals surface area contributed by atoms with Crippen LogP contribution in [0.3, 0.4) is 0 Å². The minimum atomic E-state index is -0.606. The molecule has 3 N–H and O–H groups in total. The summed E-state index contributed by atoms with van der Waals surface area (Å²) >= 11 is 0. The second kappa shape index (κ2) is 4.24. The minimum absolute atomic E-state index is 0.316. The van der Waals surface area contributed by atoms with E-state index in [4.69, 9.17) is 5.73 Å². The second-order valence-electron chi connectivity index (χ2n) is 4.12. The Balaban J connectivity index is 3.06. The Labute approximate surface area is 88.5 Å². The van der Waals surface area contributed by atoms with Crippen LogP contribution in [-0.2, 0) is 0 Å². The van der Waals surface area contributed by atoms with Gasteiger partial charge in [-0.25, -0.2) is 8.78 Å². The van der Waals surface area contributed by atoms with E-state index in [1.54, 1.807) is 7.05 Å². The maximum atomic E-state index is 13.4. The van der Waals surface area contributed by atoms with Crippen molar-refractivity contribution in [3.63, 3.8) is 0 Å². The van der Waals surface area contributed by atoms with Gasteiger partial charge in [0.1, 0.15) is 11.6 Å². The monoisotopic (exact) mass is 214 g/mol. The lowest BCUT2D eigenvalue weighted by molar-refractivity contribution is 0.340. The quantitative estimate of drug-likeness (QED) is 0.807. The molecule has 0 fully saturated rings. The van der Waals surface area contributed by atoms with E-state index in [1.165, 1.54) is 12.1 Å². The van der Waals surface area contributed by atoms with Gasteiger partial charge in [-0.1, -0.05) is 6.07 Å². The molecule has 0 spiro atoms. The number of halogens is 2. The van der Waals surface area contributed by atoms with Gasteiger partial charge in [0.05, 0.1) is 6.04 Å². The number of likely N-dealkylation sites (N-methyl/N-ethyl adjacent to an activating group) is 1. The van der Waals surface area contributed by atoms with Gasteiger partial charge < -0.3 is 11.1 Å². The average Bonchev–Trinajstić information content (AvgIpc) is 2.17. The third-order valence-corrected chi connectivity index (χ3v) is 2.72. The Morgan fingerprint density at radius 3 is 2.40 bits per heavy atom. The fraction of sp³-hybridized carbons (Fsp3) is 0.455. The largest absolute Gasteiger partial charge is 0.322 e. The van der Waals surface area contributed by atoms with Crippen LogP contribution in [0.1, 0.15) is 25.5 Å². The van der Waals surface area contributed by atoms with Gasteiger partial charge in [0.2, 0.25) is 0 Å². The molecule has 0 saturated carbocycles. The molecular formula is C11H16F2N2. The zero-order chi connectivity index (χ0) is 11.6. The molecule has 0 amide bonds. The van der Waals surface area contributed by atoms with Crippen LogP contribution in [0.5, 0.6) is 0 Å². The molecule has 0 heterocycles. The summed E-state index contributed by atoms with van der Waals surface area (Å²) in [7, 11) is 1.75. The van der Waals surface area contributed by atoms with Gasteiger partial charge in [0.15, 0.2) is 0 Å². The lowest BCUT2D eigenvalue weighted by atomic mass is 9.89. The summed E-state index contributed by atoms with van der Waals surface area (Å²) in [6, 6.07) is 2.92. The van der Waals surface area contributed by atoms with E-state index in [0.717, 1.165) is 6.07 Å². The van der Waals surface area contributed by atoms with Crippen molar-refractivity contribution >= 4 is 0 Å². The molecule has 0 bridgehead atoms. The van der Waals surface area contributed by atoms with E-state index in [0.29, 0.717) is 5.56 Å². The predicted molar refractivity (Wildman–Crippen MR) is 56.4 cm³/mol. The summed E-state index contributed by atoms with van der Waals surface area (Å²) in [5.74, 6) is -1.20. The molecular weight excluding hydrogens is 198 g/mol. The summed E-state index contributed by atoms with van der Waals surface area (Å²) in [6.07, 6.45) is 0. The number of nitrogens with two attached hydrogens (primary N) is 1. The van der Waals surface area contributed by atoms with Crippen molar-refractivity contribution in [3.05, 3.63) is 35.4 Å². The van der Waals surface area contributed by atoms with Crippen molar-refractivity contribution in [1.82, 2.24) is 5.32 Å². The van der Waals surface area contributed by atoms with Crippen LogP contribution in [0, 0.1) is 11.6 Å². The van der Waals surface area contributed by atoms with Crippen molar-refractivity contribution in [2.24, 2.45) is 5.73 Å². The van der Waals surface area contributed by atoms with Crippen LogP contribution in [0.25, 0.3) is 0 Å². The third-order valence-electron chi connectivity index (χ3n) is 2.72. The first-order chi connectivity index (χ1) is 6.88. The topological polar surface area (TPSA) is 38.0 Å². The number of nitrogens with one attached hydrogen (secondary N) is 1. The highest BCUT2D eigenvalue weighted by molar-refractivity contribution is 5.24. The van der Waals surface area contributed by atoms with E-state index in [9.17, 15) is 8.78 Å². The molecule has 0 aliphatic carbocycles. The highest BCUT2D eigenvalue weighted by Gasteiger charge is 2.27. The number of benzene rings is 1. The molecule has 1 unspecified atom stereocenters. The second-order valence-corrected chi connectivity index (χ2v) is 4.12. The lowest BCUT2D eigenvalue weighted by Gasteiger charge is -2.31. The van der Waals surface area contributed by atoms with Crippen molar-refractivity contribution < 1.29 is 8.78 Å². The molecule has 0 aliphatic heterocycles. The molecule has 0 saturated heterocycles. The van der Waals surface area contributed by atoms with E-state index in [2.05, 4.69) is 5.32 Å². The Bertz CT molecular complexity index is 350. The van der Waals surface area contributed by atoms with E-state index in [-0.39, 0.29) is 0 Å². The van der Waals surface area contributed by atoms with Gasteiger partial charge in [-0.3, -0.25) is 0 Å².